The summed E-state index contributed by atoms with van der Waals surface area (Å²) in [5, 5.41) is 0. The molecule has 1 heterocycles. The van der Waals surface area contributed by atoms with Crippen LogP contribution < -0.4 is 0 Å². The lowest BCUT2D eigenvalue weighted by Crippen LogP contribution is -2.32. The van der Waals surface area contributed by atoms with Gasteiger partial charge in [0.05, 0.1) is 5.60 Å². The summed E-state index contributed by atoms with van der Waals surface area (Å²) in [6, 6.07) is 0. The van der Waals surface area contributed by atoms with Crippen LogP contribution in [0, 0.1) is 0 Å². The molecule has 2 nitrogen and oxygen atoms in total. The van der Waals surface area contributed by atoms with Crippen LogP contribution in [-0.2, 0) is 9.53 Å². The number of Topliss-reactive ketones (excluding diaryl/α,β-unsaturated/α-hetero) is 1. The van der Waals surface area contributed by atoms with E-state index in [1.165, 1.54) is 19.3 Å². The van der Waals surface area contributed by atoms with Crippen LogP contribution in [0.3, 0.4) is 0 Å². The Morgan fingerprint density at radius 2 is 2.14 bits per heavy atom. The highest BCUT2D eigenvalue weighted by Gasteiger charge is 2.26. The molecule has 0 aromatic rings. The van der Waals surface area contributed by atoms with Gasteiger partial charge in [0.25, 0.3) is 0 Å². The van der Waals surface area contributed by atoms with E-state index < -0.39 is 0 Å². The highest BCUT2D eigenvalue weighted by molar-refractivity contribution is 5.75. The van der Waals surface area contributed by atoms with E-state index in [4.69, 9.17) is 4.74 Å². The molecule has 0 amide bonds. The zero-order valence-corrected chi connectivity index (χ0v) is 9.47. The number of hydrogen-bond donors (Lipinski definition) is 0. The second-order valence-electron chi connectivity index (χ2n) is 4.66. The lowest BCUT2D eigenvalue weighted by atomic mass is 9.90. The molecular weight excluding hydrogens is 176 g/mol. The van der Waals surface area contributed by atoms with Gasteiger partial charge < -0.3 is 9.53 Å². The molecule has 0 spiro atoms. The van der Waals surface area contributed by atoms with Crippen LogP contribution in [0.15, 0.2) is 0 Å². The van der Waals surface area contributed by atoms with Crippen molar-refractivity contribution in [2.75, 3.05) is 6.61 Å². The monoisotopic (exact) mass is 198 g/mol. The van der Waals surface area contributed by atoms with Crippen LogP contribution in [0.25, 0.3) is 0 Å². The average Bonchev–Trinajstić information content (AvgIpc) is 2.14. The lowest BCUT2D eigenvalue weighted by Gasteiger charge is -2.34. The maximum absolute atomic E-state index is 10.7. The molecule has 0 aromatic carbocycles. The summed E-state index contributed by atoms with van der Waals surface area (Å²) in [7, 11) is 0. The topological polar surface area (TPSA) is 26.3 Å². The van der Waals surface area contributed by atoms with Gasteiger partial charge in [-0.2, -0.15) is 0 Å². The van der Waals surface area contributed by atoms with Crippen molar-refractivity contribution in [1.82, 2.24) is 0 Å². The number of carbonyl (C=O) groups is 1. The van der Waals surface area contributed by atoms with Crippen LogP contribution in [0.2, 0.25) is 0 Å². The quantitative estimate of drug-likeness (QED) is 0.634. The first-order valence-electron chi connectivity index (χ1n) is 5.76. The zero-order valence-electron chi connectivity index (χ0n) is 9.47. The number of ketones is 1. The van der Waals surface area contributed by atoms with Gasteiger partial charge in [0.1, 0.15) is 5.78 Å². The molecule has 0 N–H and O–H groups in total. The second kappa shape index (κ2) is 5.50. The van der Waals surface area contributed by atoms with E-state index in [9.17, 15) is 4.79 Å². The van der Waals surface area contributed by atoms with Gasteiger partial charge in [-0.15, -0.1) is 0 Å². The molecule has 0 aromatic heterocycles. The van der Waals surface area contributed by atoms with E-state index in [-0.39, 0.29) is 5.60 Å². The van der Waals surface area contributed by atoms with Gasteiger partial charge in [0.2, 0.25) is 0 Å². The zero-order chi connectivity index (χ0) is 10.4. The molecule has 1 fully saturated rings. The minimum absolute atomic E-state index is 0.106. The number of carbonyl (C=O) groups excluding carboxylic acids is 1. The Hall–Kier alpha value is -0.370. The molecule has 14 heavy (non-hydrogen) atoms. The smallest absolute Gasteiger partial charge is 0.129 e. The first-order chi connectivity index (χ1) is 6.62. The third-order valence-corrected chi connectivity index (χ3v) is 3.03. The first kappa shape index (κ1) is 11.7. The van der Waals surface area contributed by atoms with Crippen molar-refractivity contribution in [3.8, 4) is 0 Å². The van der Waals surface area contributed by atoms with Crippen molar-refractivity contribution >= 4 is 5.78 Å². The fourth-order valence-corrected chi connectivity index (χ4v) is 2.06. The van der Waals surface area contributed by atoms with Crippen LogP contribution >= 0.6 is 0 Å². The highest BCUT2D eigenvalue weighted by atomic mass is 16.5. The third-order valence-electron chi connectivity index (χ3n) is 3.03. The minimum Gasteiger partial charge on any atom is -0.375 e. The summed E-state index contributed by atoms with van der Waals surface area (Å²) >= 11 is 0. The van der Waals surface area contributed by atoms with Crippen LogP contribution in [0.4, 0.5) is 0 Å². The Morgan fingerprint density at radius 3 is 2.71 bits per heavy atom. The summed E-state index contributed by atoms with van der Waals surface area (Å²) in [4.78, 5) is 10.7. The Morgan fingerprint density at radius 1 is 1.36 bits per heavy atom. The van der Waals surface area contributed by atoms with E-state index in [0.29, 0.717) is 5.78 Å². The van der Waals surface area contributed by atoms with Crippen molar-refractivity contribution in [3.63, 3.8) is 0 Å². The molecule has 1 saturated heterocycles. The summed E-state index contributed by atoms with van der Waals surface area (Å²) < 4.78 is 5.79. The summed E-state index contributed by atoms with van der Waals surface area (Å²) in [6.07, 6.45) is 7.68. The van der Waals surface area contributed by atoms with Crippen LogP contribution in [0.5, 0.6) is 0 Å². The molecular formula is C12H22O2. The molecule has 82 valence electrons. The first-order valence-corrected chi connectivity index (χ1v) is 5.76. The number of unbranched alkanes of at least 4 members (excludes halogenated alkanes) is 1. The maximum Gasteiger partial charge on any atom is 0.129 e. The molecule has 2 heteroatoms. The Labute approximate surface area is 87.0 Å². The van der Waals surface area contributed by atoms with E-state index in [1.807, 2.05) is 0 Å². The fraction of sp³-hybridized carbons (Fsp3) is 0.917. The number of ether oxygens (including phenoxy) is 1. The Bertz CT molecular complexity index is 181. The molecule has 0 radical (unpaired) electrons. The van der Waals surface area contributed by atoms with Gasteiger partial charge >= 0.3 is 0 Å². The highest BCUT2D eigenvalue weighted by Crippen LogP contribution is 2.29. The van der Waals surface area contributed by atoms with Gasteiger partial charge in [0, 0.05) is 13.0 Å². The SMILES string of the molecule is CC(=O)CCCCC1(C)CCCCO1. The van der Waals surface area contributed by atoms with E-state index >= 15 is 0 Å². The molecule has 1 atom stereocenters. The Kier molecular flexibility index (Phi) is 4.59. The normalized spacial score (nSPS) is 27.6. The average molecular weight is 198 g/mol. The largest absolute Gasteiger partial charge is 0.375 e. The van der Waals surface area contributed by atoms with Crippen LogP contribution in [-0.4, -0.2) is 18.0 Å². The third kappa shape index (κ3) is 4.23. The molecule has 1 rings (SSSR count). The summed E-state index contributed by atoms with van der Waals surface area (Å²) in [6.45, 7) is 4.79. The van der Waals surface area contributed by atoms with Gasteiger partial charge in [-0.3, -0.25) is 0 Å². The van der Waals surface area contributed by atoms with Crippen molar-refractivity contribution in [2.45, 2.75) is 64.4 Å². The van der Waals surface area contributed by atoms with Gasteiger partial charge in [0.15, 0.2) is 0 Å². The van der Waals surface area contributed by atoms with Crippen molar-refractivity contribution < 1.29 is 9.53 Å². The van der Waals surface area contributed by atoms with E-state index in [0.717, 1.165) is 32.3 Å². The van der Waals surface area contributed by atoms with Crippen LogP contribution in [0.1, 0.15) is 58.8 Å². The molecule has 0 bridgehead atoms. The molecule has 1 unspecified atom stereocenters. The van der Waals surface area contributed by atoms with Gasteiger partial charge in [-0.1, -0.05) is 6.42 Å². The molecule has 0 aliphatic carbocycles. The van der Waals surface area contributed by atoms with Gasteiger partial charge in [-0.05, 0) is 46.0 Å². The maximum atomic E-state index is 10.7. The second-order valence-corrected chi connectivity index (χ2v) is 4.66. The minimum atomic E-state index is 0.106. The number of hydrogen-bond acceptors (Lipinski definition) is 2. The number of rotatable bonds is 5. The molecule has 1 aliphatic heterocycles. The van der Waals surface area contributed by atoms with Crippen molar-refractivity contribution in [2.24, 2.45) is 0 Å². The Balaban J connectivity index is 2.12. The summed E-state index contributed by atoms with van der Waals surface area (Å²) in [5.41, 5.74) is 0.106. The predicted octanol–water partition coefficient (Wildman–Crippen LogP) is 3.10. The lowest BCUT2D eigenvalue weighted by molar-refractivity contribution is -0.117. The van der Waals surface area contributed by atoms with E-state index in [2.05, 4.69) is 6.92 Å². The predicted molar refractivity (Wildman–Crippen MR) is 57.4 cm³/mol. The van der Waals surface area contributed by atoms with Crippen molar-refractivity contribution in [1.29, 1.82) is 0 Å². The molecule has 1 aliphatic rings. The van der Waals surface area contributed by atoms with E-state index in [1.54, 1.807) is 6.92 Å². The van der Waals surface area contributed by atoms with Gasteiger partial charge in [-0.25, -0.2) is 0 Å². The summed E-state index contributed by atoms with van der Waals surface area (Å²) in [5.74, 6) is 0.305. The standard InChI is InChI=1S/C12H22O2/c1-11(13)7-3-4-8-12(2)9-5-6-10-14-12/h3-10H2,1-2H3. The molecule has 0 saturated carbocycles. The van der Waals surface area contributed by atoms with Crippen molar-refractivity contribution in [3.05, 3.63) is 0 Å². The fourth-order valence-electron chi connectivity index (χ4n) is 2.06.